The number of hydrogen-bond acceptors (Lipinski definition) is 3. The third-order valence-corrected chi connectivity index (χ3v) is 5.01. The summed E-state index contributed by atoms with van der Waals surface area (Å²) in [7, 11) is 0. The highest BCUT2D eigenvalue weighted by molar-refractivity contribution is 5.87. The number of carbonyl (C=O) groups is 1. The Balaban J connectivity index is 1.58. The lowest BCUT2D eigenvalue weighted by Gasteiger charge is -2.25. The van der Waals surface area contributed by atoms with Crippen LogP contribution in [0.25, 0.3) is 0 Å². The Hall–Kier alpha value is -2.85. The fourth-order valence-electron chi connectivity index (χ4n) is 3.15. The first-order valence-electron chi connectivity index (χ1n) is 10.0. The highest BCUT2D eigenvalue weighted by Gasteiger charge is 2.17. The number of amides is 1. The van der Waals surface area contributed by atoms with Gasteiger partial charge in [-0.1, -0.05) is 74.5 Å². The minimum absolute atomic E-state index is 0.0343. The second kappa shape index (κ2) is 10.1. The first-order valence-corrected chi connectivity index (χ1v) is 10.0. The zero-order valence-corrected chi connectivity index (χ0v) is 17.2. The van der Waals surface area contributed by atoms with E-state index >= 15 is 0 Å². The summed E-state index contributed by atoms with van der Waals surface area (Å²) in [5.74, 6) is 0.887. The standard InChI is InChI=1S/C25H29NO3/c1-25(2,14-7-6-13-24(27)26-15-17-28-18-16-26)22-11-8-12-23(19-22)29-20-21-9-4-3-5-10-21/h3-14,19H,15-18,20H2,1-2H3/b13-6+,14-7+. The highest BCUT2D eigenvalue weighted by Crippen LogP contribution is 2.28. The molecule has 4 nitrogen and oxygen atoms in total. The number of rotatable bonds is 7. The van der Waals surface area contributed by atoms with E-state index in [4.69, 9.17) is 9.47 Å². The molecule has 152 valence electrons. The van der Waals surface area contributed by atoms with Crippen molar-refractivity contribution >= 4 is 5.91 Å². The van der Waals surface area contributed by atoms with E-state index in [2.05, 4.69) is 44.2 Å². The van der Waals surface area contributed by atoms with Gasteiger partial charge in [-0.3, -0.25) is 4.79 Å². The minimum Gasteiger partial charge on any atom is -0.489 e. The van der Waals surface area contributed by atoms with E-state index in [0.29, 0.717) is 32.9 Å². The zero-order chi connectivity index (χ0) is 20.5. The Bertz CT molecular complexity index is 849. The summed E-state index contributed by atoms with van der Waals surface area (Å²) in [6.45, 7) is 7.40. The van der Waals surface area contributed by atoms with Gasteiger partial charge in [-0.05, 0) is 23.3 Å². The molecule has 0 aromatic heterocycles. The zero-order valence-electron chi connectivity index (χ0n) is 17.2. The molecule has 29 heavy (non-hydrogen) atoms. The molecule has 1 amide bonds. The summed E-state index contributed by atoms with van der Waals surface area (Å²) in [5, 5.41) is 0. The van der Waals surface area contributed by atoms with Crippen LogP contribution >= 0.6 is 0 Å². The molecule has 0 unspecified atom stereocenters. The lowest BCUT2D eigenvalue weighted by Crippen LogP contribution is -2.39. The molecule has 1 aliphatic rings. The largest absolute Gasteiger partial charge is 0.489 e. The van der Waals surface area contributed by atoms with Gasteiger partial charge in [0, 0.05) is 24.6 Å². The Labute approximate surface area is 173 Å². The highest BCUT2D eigenvalue weighted by atomic mass is 16.5. The van der Waals surface area contributed by atoms with Gasteiger partial charge in [0.25, 0.3) is 0 Å². The van der Waals surface area contributed by atoms with E-state index in [0.717, 1.165) is 16.9 Å². The maximum Gasteiger partial charge on any atom is 0.246 e. The van der Waals surface area contributed by atoms with Crippen molar-refractivity contribution in [1.82, 2.24) is 4.90 Å². The fraction of sp³-hybridized carbons (Fsp3) is 0.320. The van der Waals surface area contributed by atoms with Gasteiger partial charge in [0.2, 0.25) is 5.91 Å². The monoisotopic (exact) mass is 391 g/mol. The molecule has 0 atom stereocenters. The molecule has 0 radical (unpaired) electrons. The fourth-order valence-corrected chi connectivity index (χ4v) is 3.15. The first-order chi connectivity index (χ1) is 14.0. The van der Waals surface area contributed by atoms with Gasteiger partial charge in [0.05, 0.1) is 13.2 Å². The Morgan fingerprint density at radius 1 is 1.07 bits per heavy atom. The Kier molecular flexibility index (Phi) is 7.25. The molecule has 2 aromatic carbocycles. The quantitative estimate of drug-likeness (QED) is 0.515. The average Bonchev–Trinajstić information content (AvgIpc) is 2.77. The van der Waals surface area contributed by atoms with Crippen molar-refractivity contribution in [2.45, 2.75) is 25.9 Å². The SMILES string of the molecule is CC(C)(/C=C/C=C/C(=O)N1CCOCC1)c1cccc(OCc2ccccc2)c1. The molecule has 0 N–H and O–H groups in total. The van der Waals surface area contributed by atoms with Crippen LogP contribution in [-0.4, -0.2) is 37.1 Å². The van der Waals surface area contributed by atoms with Crippen molar-refractivity contribution in [3.63, 3.8) is 0 Å². The molecule has 1 saturated heterocycles. The molecule has 0 aliphatic carbocycles. The smallest absolute Gasteiger partial charge is 0.246 e. The lowest BCUT2D eigenvalue weighted by molar-refractivity contribution is -0.129. The molecule has 1 heterocycles. The summed E-state index contributed by atoms with van der Waals surface area (Å²) < 4.78 is 11.2. The average molecular weight is 392 g/mol. The number of benzene rings is 2. The van der Waals surface area contributed by atoms with E-state index in [1.54, 1.807) is 6.08 Å². The number of allylic oxidation sites excluding steroid dienone is 3. The Morgan fingerprint density at radius 3 is 2.59 bits per heavy atom. The molecule has 2 aromatic rings. The summed E-state index contributed by atoms with van der Waals surface area (Å²) in [6.07, 6.45) is 7.48. The summed E-state index contributed by atoms with van der Waals surface area (Å²) in [5.41, 5.74) is 2.12. The van der Waals surface area contributed by atoms with Gasteiger partial charge < -0.3 is 14.4 Å². The van der Waals surface area contributed by atoms with Crippen molar-refractivity contribution in [1.29, 1.82) is 0 Å². The van der Waals surface area contributed by atoms with Gasteiger partial charge in [-0.15, -0.1) is 0 Å². The Morgan fingerprint density at radius 2 is 1.83 bits per heavy atom. The third-order valence-electron chi connectivity index (χ3n) is 5.01. The molecule has 4 heteroatoms. The number of carbonyl (C=O) groups excluding carboxylic acids is 1. The van der Waals surface area contributed by atoms with Crippen molar-refractivity contribution in [2.75, 3.05) is 26.3 Å². The van der Waals surface area contributed by atoms with Crippen molar-refractivity contribution in [2.24, 2.45) is 0 Å². The van der Waals surface area contributed by atoms with E-state index in [1.165, 1.54) is 0 Å². The molecule has 1 fully saturated rings. The van der Waals surface area contributed by atoms with Crippen molar-refractivity contribution < 1.29 is 14.3 Å². The van der Waals surface area contributed by atoms with Gasteiger partial charge in [-0.2, -0.15) is 0 Å². The summed E-state index contributed by atoms with van der Waals surface area (Å²) >= 11 is 0. The van der Waals surface area contributed by atoms with Crippen molar-refractivity contribution in [3.8, 4) is 5.75 Å². The number of ether oxygens (including phenoxy) is 2. The van der Waals surface area contributed by atoms with Crippen LogP contribution in [0.5, 0.6) is 5.75 Å². The van der Waals surface area contributed by atoms with Crippen LogP contribution in [0.2, 0.25) is 0 Å². The van der Waals surface area contributed by atoms with Crippen LogP contribution in [0, 0.1) is 0 Å². The minimum atomic E-state index is -0.182. The normalized spacial score (nSPS) is 15.2. The maximum absolute atomic E-state index is 12.2. The predicted octanol–water partition coefficient (Wildman–Crippen LogP) is 4.51. The lowest BCUT2D eigenvalue weighted by atomic mass is 9.84. The van der Waals surface area contributed by atoms with Gasteiger partial charge in [0.15, 0.2) is 0 Å². The summed E-state index contributed by atoms with van der Waals surface area (Å²) in [6, 6.07) is 18.3. The van der Waals surface area contributed by atoms with Crippen molar-refractivity contribution in [3.05, 3.63) is 90.0 Å². The van der Waals surface area contributed by atoms with E-state index < -0.39 is 0 Å². The third kappa shape index (κ3) is 6.33. The second-order valence-corrected chi connectivity index (χ2v) is 7.68. The molecule has 3 rings (SSSR count). The first kappa shape index (κ1) is 20.9. The van der Waals surface area contributed by atoms with Crippen LogP contribution in [-0.2, 0) is 21.6 Å². The van der Waals surface area contributed by atoms with Crippen LogP contribution in [0.15, 0.2) is 78.9 Å². The molecule has 0 saturated carbocycles. The predicted molar refractivity (Wildman–Crippen MR) is 116 cm³/mol. The molecular formula is C25H29NO3. The summed E-state index contributed by atoms with van der Waals surface area (Å²) in [4.78, 5) is 14.0. The van der Waals surface area contributed by atoms with Crippen LogP contribution < -0.4 is 4.74 Å². The number of hydrogen-bond donors (Lipinski definition) is 0. The molecule has 0 spiro atoms. The van der Waals surface area contributed by atoms with Crippen LogP contribution in [0.4, 0.5) is 0 Å². The molecule has 1 aliphatic heterocycles. The van der Waals surface area contributed by atoms with E-state index in [9.17, 15) is 4.79 Å². The van der Waals surface area contributed by atoms with Crippen LogP contribution in [0.1, 0.15) is 25.0 Å². The second-order valence-electron chi connectivity index (χ2n) is 7.68. The topological polar surface area (TPSA) is 38.8 Å². The number of nitrogens with zero attached hydrogens (tertiary/aromatic N) is 1. The van der Waals surface area contributed by atoms with Gasteiger partial charge in [0.1, 0.15) is 12.4 Å². The maximum atomic E-state index is 12.2. The number of morpholine rings is 1. The van der Waals surface area contributed by atoms with E-state index in [-0.39, 0.29) is 11.3 Å². The van der Waals surface area contributed by atoms with Gasteiger partial charge >= 0.3 is 0 Å². The van der Waals surface area contributed by atoms with Gasteiger partial charge in [-0.25, -0.2) is 0 Å². The molecule has 0 bridgehead atoms. The molecular weight excluding hydrogens is 362 g/mol. The van der Waals surface area contributed by atoms with E-state index in [1.807, 2.05) is 47.4 Å². The van der Waals surface area contributed by atoms with Crippen LogP contribution in [0.3, 0.4) is 0 Å².